The van der Waals surface area contributed by atoms with Gasteiger partial charge in [-0.1, -0.05) is 31.6 Å². The van der Waals surface area contributed by atoms with E-state index in [1.54, 1.807) is 11.3 Å². The molecule has 1 spiro atoms. The molecule has 1 aliphatic heterocycles. The van der Waals surface area contributed by atoms with Crippen molar-refractivity contribution in [3.05, 3.63) is 5.01 Å². The number of hydrogen-bond acceptors (Lipinski definition) is 5. The number of rotatable bonds is 4. The molecule has 0 bridgehead atoms. The second-order valence-corrected chi connectivity index (χ2v) is 8.12. The minimum absolute atomic E-state index is 0.358. The molecular weight excluding hydrogens is 282 g/mol. The summed E-state index contributed by atoms with van der Waals surface area (Å²) in [5.74, 6) is 0.645. The molecule has 0 unspecified atom stereocenters. The maximum Gasteiger partial charge on any atom is 0.208 e. The number of hydrogen-bond donors (Lipinski definition) is 0. The van der Waals surface area contributed by atoms with Crippen molar-refractivity contribution in [2.45, 2.75) is 58.5 Å². The molecular formula is C16H27N3OS. The first kappa shape index (κ1) is 15.2. The number of anilines is 1. The fourth-order valence-corrected chi connectivity index (χ4v) is 5.14. The molecule has 118 valence electrons. The Morgan fingerprint density at radius 2 is 2.14 bits per heavy atom. The molecule has 0 aromatic carbocycles. The summed E-state index contributed by atoms with van der Waals surface area (Å²) >= 11 is 1.78. The van der Waals surface area contributed by atoms with E-state index in [1.807, 2.05) is 7.11 Å². The Kier molecular flexibility index (Phi) is 4.50. The minimum Gasteiger partial charge on any atom is -0.381 e. The quantitative estimate of drug-likeness (QED) is 0.853. The third kappa shape index (κ3) is 3.09. The minimum atomic E-state index is 0.358. The van der Waals surface area contributed by atoms with Gasteiger partial charge >= 0.3 is 0 Å². The number of ether oxygens (including phenoxy) is 1. The summed E-state index contributed by atoms with van der Waals surface area (Å²) in [6.07, 6.45) is 7.86. The fraction of sp³-hybridized carbons (Fsp3) is 0.875. The van der Waals surface area contributed by atoms with Crippen molar-refractivity contribution in [2.75, 3.05) is 25.1 Å². The standard InChI is InChI=1S/C16H27N3OS/c1-12(2)10-14-17-18-15(21-14)19-9-5-8-16(11-19)7-4-6-13(16)20-3/h12-13H,4-11H2,1-3H3/t13-,16+/m1/s1. The van der Waals surface area contributed by atoms with E-state index in [0.29, 0.717) is 17.4 Å². The van der Waals surface area contributed by atoms with Gasteiger partial charge in [-0.3, -0.25) is 0 Å². The first-order chi connectivity index (χ1) is 10.1. The lowest BCUT2D eigenvalue weighted by molar-refractivity contribution is 0.00225. The molecule has 21 heavy (non-hydrogen) atoms. The van der Waals surface area contributed by atoms with Crippen LogP contribution in [0, 0.1) is 11.3 Å². The Morgan fingerprint density at radius 1 is 1.33 bits per heavy atom. The van der Waals surface area contributed by atoms with Gasteiger partial charge < -0.3 is 9.64 Å². The van der Waals surface area contributed by atoms with Crippen LogP contribution in [0.3, 0.4) is 0 Å². The van der Waals surface area contributed by atoms with Crippen LogP contribution in [0.5, 0.6) is 0 Å². The second-order valence-electron chi connectivity index (χ2n) is 7.08. The molecule has 1 saturated carbocycles. The predicted octanol–water partition coefficient (Wildman–Crippen LogP) is 3.52. The summed E-state index contributed by atoms with van der Waals surface area (Å²) in [6.45, 7) is 6.69. The predicted molar refractivity (Wildman–Crippen MR) is 87.0 cm³/mol. The maximum absolute atomic E-state index is 5.79. The molecule has 2 atom stereocenters. The largest absolute Gasteiger partial charge is 0.381 e. The van der Waals surface area contributed by atoms with Crippen molar-refractivity contribution < 1.29 is 4.74 Å². The molecule has 2 fully saturated rings. The average Bonchev–Trinajstić information content (AvgIpc) is 3.05. The number of methoxy groups -OCH3 is 1. The van der Waals surface area contributed by atoms with E-state index in [4.69, 9.17) is 4.74 Å². The maximum atomic E-state index is 5.79. The van der Waals surface area contributed by atoms with Gasteiger partial charge in [0.25, 0.3) is 0 Å². The molecule has 0 amide bonds. The Hall–Kier alpha value is -0.680. The highest BCUT2D eigenvalue weighted by Gasteiger charge is 2.46. The molecule has 3 rings (SSSR count). The average molecular weight is 309 g/mol. The van der Waals surface area contributed by atoms with Crippen LogP contribution in [0.15, 0.2) is 0 Å². The molecule has 1 saturated heterocycles. The molecule has 0 radical (unpaired) electrons. The molecule has 1 aliphatic carbocycles. The van der Waals surface area contributed by atoms with Crippen LogP contribution in [0.25, 0.3) is 0 Å². The first-order valence-corrected chi connectivity index (χ1v) is 9.05. The van der Waals surface area contributed by atoms with Crippen LogP contribution in [0.2, 0.25) is 0 Å². The zero-order chi connectivity index (χ0) is 14.9. The monoisotopic (exact) mass is 309 g/mol. The zero-order valence-corrected chi connectivity index (χ0v) is 14.3. The van der Waals surface area contributed by atoms with Crippen molar-refractivity contribution >= 4 is 16.5 Å². The highest BCUT2D eigenvalue weighted by molar-refractivity contribution is 7.15. The van der Waals surface area contributed by atoms with Crippen molar-refractivity contribution in [1.29, 1.82) is 0 Å². The van der Waals surface area contributed by atoms with E-state index < -0.39 is 0 Å². The summed E-state index contributed by atoms with van der Waals surface area (Å²) in [5.41, 5.74) is 0.358. The molecule has 4 nitrogen and oxygen atoms in total. The number of piperidine rings is 1. The molecule has 5 heteroatoms. The van der Waals surface area contributed by atoms with E-state index >= 15 is 0 Å². The van der Waals surface area contributed by atoms with Gasteiger partial charge in [0.1, 0.15) is 5.01 Å². The molecule has 2 heterocycles. The highest BCUT2D eigenvalue weighted by atomic mass is 32.1. The van der Waals surface area contributed by atoms with Gasteiger partial charge in [0, 0.05) is 32.0 Å². The summed E-state index contributed by atoms with van der Waals surface area (Å²) in [7, 11) is 1.88. The molecule has 2 aliphatic rings. The summed E-state index contributed by atoms with van der Waals surface area (Å²) in [4.78, 5) is 2.46. The lowest BCUT2D eigenvalue weighted by Gasteiger charge is -2.43. The van der Waals surface area contributed by atoms with E-state index in [2.05, 4.69) is 28.9 Å². The Bertz CT molecular complexity index is 476. The van der Waals surface area contributed by atoms with Gasteiger partial charge in [0.2, 0.25) is 5.13 Å². The van der Waals surface area contributed by atoms with Crippen LogP contribution in [0.1, 0.15) is 51.0 Å². The third-order valence-corrected chi connectivity index (χ3v) is 6.03. The van der Waals surface area contributed by atoms with E-state index in [9.17, 15) is 0 Å². The topological polar surface area (TPSA) is 38.2 Å². The Labute approximate surface area is 131 Å². The Balaban J connectivity index is 1.72. The smallest absolute Gasteiger partial charge is 0.208 e. The van der Waals surface area contributed by atoms with Gasteiger partial charge in [-0.25, -0.2) is 0 Å². The summed E-state index contributed by atoms with van der Waals surface area (Å²) in [6, 6.07) is 0. The van der Waals surface area contributed by atoms with Crippen molar-refractivity contribution in [3.8, 4) is 0 Å². The van der Waals surface area contributed by atoms with Gasteiger partial charge in [-0.15, -0.1) is 10.2 Å². The SMILES string of the molecule is CO[C@@H]1CCC[C@@]12CCCN(c1nnc(CC(C)C)s1)C2. The third-order valence-electron chi connectivity index (χ3n) is 5.03. The van der Waals surface area contributed by atoms with Crippen LogP contribution < -0.4 is 4.90 Å². The lowest BCUT2D eigenvalue weighted by Crippen LogP contribution is -2.47. The lowest BCUT2D eigenvalue weighted by atomic mass is 9.77. The van der Waals surface area contributed by atoms with E-state index in [1.165, 1.54) is 37.1 Å². The fourth-order valence-electron chi connectivity index (χ4n) is 4.07. The number of aromatic nitrogens is 2. The van der Waals surface area contributed by atoms with Crippen molar-refractivity contribution in [1.82, 2.24) is 10.2 Å². The van der Waals surface area contributed by atoms with Crippen molar-refractivity contribution in [3.63, 3.8) is 0 Å². The van der Waals surface area contributed by atoms with Crippen molar-refractivity contribution in [2.24, 2.45) is 11.3 Å². The summed E-state index contributed by atoms with van der Waals surface area (Å²) in [5, 5.41) is 11.1. The summed E-state index contributed by atoms with van der Waals surface area (Å²) < 4.78 is 5.79. The highest BCUT2D eigenvalue weighted by Crippen LogP contribution is 2.47. The normalized spacial score (nSPS) is 29.7. The first-order valence-electron chi connectivity index (χ1n) is 8.23. The number of nitrogens with zero attached hydrogens (tertiary/aromatic N) is 3. The van der Waals surface area contributed by atoms with Gasteiger partial charge in [-0.2, -0.15) is 0 Å². The van der Waals surface area contributed by atoms with Crippen LogP contribution >= 0.6 is 11.3 Å². The van der Waals surface area contributed by atoms with E-state index in [0.717, 1.165) is 24.6 Å². The molecule has 1 aromatic heterocycles. The Morgan fingerprint density at radius 3 is 2.90 bits per heavy atom. The molecule has 0 N–H and O–H groups in total. The van der Waals surface area contributed by atoms with Crippen LogP contribution in [0.4, 0.5) is 5.13 Å². The van der Waals surface area contributed by atoms with E-state index in [-0.39, 0.29) is 0 Å². The van der Waals surface area contributed by atoms with Crippen LogP contribution in [-0.2, 0) is 11.2 Å². The van der Waals surface area contributed by atoms with Crippen LogP contribution in [-0.4, -0.2) is 36.5 Å². The van der Waals surface area contributed by atoms with Gasteiger partial charge in [0.15, 0.2) is 0 Å². The molecule has 1 aromatic rings. The second kappa shape index (κ2) is 6.21. The van der Waals surface area contributed by atoms with Gasteiger partial charge in [-0.05, 0) is 31.6 Å². The van der Waals surface area contributed by atoms with Gasteiger partial charge in [0.05, 0.1) is 6.10 Å². The zero-order valence-electron chi connectivity index (χ0n) is 13.5.